The first-order valence-corrected chi connectivity index (χ1v) is 13.0. The second-order valence-electron chi connectivity index (χ2n) is 10.2. The van der Waals surface area contributed by atoms with Gasteiger partial charge in [-0.25, -0.2) is 23.3 Å². The van der Waals surface area contributed by atoms with Gasteiger partial charge in [-0.05, 0) is 83.2 Å². The highest BCUT2D eigenvalue weighted by Crippen LogP contribution is 2.43. The summed E-state index contributed by atoms with van der Waals surface area (Å²) in [6, 6.07) is 5.34. The zero-order valence-electron chi connectivity index (χ0n) is 21.0. The second kappa shape index (κ2) is 9.30. The molecule has 1 aliphatic heterocycles. The predicted octanol–water partition coefficient (Wildman–Crippen LogP) is 5.42. The molecule has 0 radical (unpaired) electrons. The van der Waals surface area contributed by atoms with Crippen LogP contribution in [0.2, 0.25) is 0 Å². The van der Waals surface area contributed by atoms with Crippen LogP contribution in [0.1, 0.15) is 51.6 Å². The summed E-state index contributed by atoms with van der Waals surface area (Å²) in [5.74, 6) is -0.124. The minimum absolute atomic E-state index is 0.0355. The van der Waals surface area contributed by atoms with Crippen LogP contribution in [0.25, 0.3) is 27.7 Å². The van der Waals surface area contributed by atoms with E-state index in [4.69, 9.17) is 5.73 Å². The number of likely N-dealkylation sites (tertiary alicyclic amines) is 1. The van der Waals surface area contributed by atoms with Gasteiger partial charge in [-0.1, -0.05) is 0 Å². The molecular weight excluding hydrogens is 480 g/mol. The van der Waals surface area contributed by atoms with E-state index < -0.39 is 5.67 Å². The van der Waals surface area contributed by atoms with E-state index in [2.05, 4.69) is 32.6 Å². The number of aromatic nitrogens is 5. The van der Waals surface area contributed by atoms with Gasteiger partial charge in [0.1, 0.15) is 11.2 Å². The van der Waals surface area contributed by atoms with Gasteiger partial charge in [0.2, 0.25) is 5.95 Å². The third-order valence-electron chi connectivity index (χ3n) is 7.42. The summed E-state index contributed by atoms with van der Waals surface area (Å²) < 4.78 is 31.7. The third-order valence-corrected chi connectivity index (χ3v) is 8.15. The number of nitrogens with zero attached hydrogens (tertiary/aromatic N) is 6. The van der Waals surface area contributed by atoms with Crippen molar-refractivity contribution in [1.82, 2.24) is 29.0 Å². The molecule has 192 valence electrons. The van der Waals surface area contributed by atoms with Crippen LogP contribution in [0.3, 0.4) is 0 Å². The Balaban J connectivity index is 0.000000174. The molecule has 6 rings (SSSR count). The standard InChI is InChI=1S/C16H15FN6.C10H18FNS/c1-3-22-8-19-14-12(17)6-10(7-13(14)22)11-4-5-23-15(11)9(2)20-16(18)21-23;1-9(11)4-3-7-12(8-9)10(13)5-2-6-10/h4-8H,3H2,1-2H3,(H2,18,21);13H,2-8H2,1H3. The average molecular weight is 514 g/mol. The monoisotopic (exact) mass is 513 g/mol. The number of nitrogens with two attached hydrogens (primary N) is 1. The van der Waals surface area contributed by atoms with Crippen LogP contribution in [0.15, 0.2) is 30.7 Å². The molecular formula is C26H33F2N7S. The fourth-order valence-corrected chi connectivity index (χ4v) is 5.83. The quantitative estimate of drug-likeness (QED) is 0.358. The third kappa shape index (κ3) is 4.56. The Labute approximate surface area is 215 Å². The van der Waals surface area contributed by atoms with E-state index in [1.165, 1.54) is 12.5 Å². The number of imidazole rings is 1. The zero-order chi connectivity index (χ0) is 25.7. The van der Waals surface area contributed by atoms with Gasteiger partial charge in [-0.2, -0.15) is 12.6 Å². The number of hydrogen-bond donors (Lipinski definition) is 2. The second-order valence-corrected chi connectivity index (χ2v) is 11.0. The summed E-state index contributed by atoms with van der Waals surface area (Å²) >= 11 is 4.65. The SMILES string of the molecule is CC1(F)CCCN(C2(S)CCC2)C1.CCn1cnc2c(F)cc(-c3ccn4nc(N)nc(C)c34)cc21. The lowest BCUT2D eigenvalue weighted by molar-refractivity contribution is -0.00153. The molecule has 1 atom stereocenters. The lowest BCUT2D eigenvalue weighted by Gasteiger charge is -2.50. The predicted molar refractivity (Wildman–Crippen MR) is 142 cm³/mol. The largest absolute Gasteiger partial charge is 0.367 e. The van der Waals surface area contributed by atoms with E-state index in [0.29, 0.717) is 18.5 Å². The number of rotatable bonds is 3. The summed E-state index contributed by atoms with van der Waals surface area (Å²) in [4.78, 5) is 10.6. The van der Waals surface area contributed by atoms with E-state index >= 15 is 0 Å². The van der Waals surface area contributed by atoms with Crippen molar-refractivity contribution in [3.05, 3.63) is 42.2 Å². The van der Waals surface area contributed by atoms with E-state index in [1.54, 1.807) is 24.0 Å². The normalized spacial score (nSPS) is 21.8. The van der Waals surface area contributed by atoms with Crippen LogP contribution in [-0.2, 0) is 6.54 Å². The van der Waals surface area contributed by atoms with Crippen molar-refractivity contribution in [2.45, 2.75) is 70.0 Å². The molecule has 4 aromatic rings. The summed E-state index contributed by atoms with van der Waals surface area (Å²) in [7, 11) is 0. The van der Waals surface area contributed by atoms with E-state index in [0.717, 1.165) is 60.2 Å². The number of anilines is 1. The first-order valence-electron chi connectivity index (χ1n) is 12.5. The minimum Gasteiger partial charge on any atom is -0.367 e. The van der Waals surface area contributed by atoms with Gasteiger partial charge >= 0.3 is 0 Å². The maximum absolute atomic E-state index is 14.4. The van der Waals surface area contributed by atoms with Crippen LogP contribution in [0.4, 0.5) is 14.7 Å². The average Bonchev–Trinajstić information content (AvgIpc) is 3.41. The Hall–Kier alpha value is -2.72. The number of thiol groups is 1. The van der Waals surface area contributed by atoms with Crippen LogP contribution < -0.4 is 5.73 Å². The summed E-state index contributed by atoms with van der Waals surface area (Å²) in [5.41, 5.74) is 9.06. The molecule has 0 bridgehead atoms. The van der Waals surface area contributed by atoms with Crippen molar-refractivity contribution >= 4 is 35.1 Å². The van der Waals surface area contributed by atoms with Crippen molar-refractivity contribution in [2.24, 2.45) is 0 Å². The van der Waals surface area contributed by atoms with E-state index in [1.807, 2.05) is 30.5 Å². The smallest absolute Gasteiger partial charge is 0.238 e. The van der Waals surface area contributed by atoms with Crippen molar-refractivity contribution in [3.8, 4) is 11.1 Å². The topological polar surface area (TPSA) is 77.3 Å². The molecule has 7 nitrogen and oxygen atoms in total. The van der Waals surface area contributed by atoms with Crippen molar-refractivity contribution in [1.29, 1.82) is 0 Å². The Morgan fingerprint density at radius 3 is 2.64 bits per heavy atom. The molecule has 2 N–H and O–H groups in total. The summed E-state index contributed by atoms with van der Waals surface area (Å²) in [6.07, 6.45) is 8.67. The number of nitrogen functional groups attached to an aromatic ring is 1. The minimum atomic E-state index is -0.983. The van der Waals surface area contributed by atoms with Gasteiger partial charge in [-0.15, -0.1) is 5.10 Å². The van der Waals surface area contributed by atoms with E-state index in [-0.39, 0.29) is 16.6 Å². The van der Waals surface area contributed by atoms with Gasteiger partial charge in [-0.3, -0.25) is 4.90 Å². The Morgan fingerprint density at radius 2 is 1.97 bits per heavy atom. The molecule has 4 heterocycles. The van der Waals surface area contributed by atoms with Crippen LogP contribution >= 0.6 is 12.6 Å². The van der Waals surface area contributed by atoms with Gasteiger partial charge in [0.15, 0.2) is 5.82 Å². The molecule has 2 aliphatic rings. The van der Waals surface area contributed by atoms with Gasteiger partial charge in [0.05, 0.1) is 27.9 Å². The highest BCUT2D eigenvalue weighted by molar-refractivity contribution is 7.81. The van der Waals surface area contributed by atoms with Gasteiger partial charge in [0, 0.05) is 24.8 Å². The number of piperidine rings is 1. The first-order chi connectivity index (χ1) is 17.1. The number of halogens is 2. The molecule has 36 heavy (non-hydrogen) atoms. The molecule has 1 unspecified atom stereocenters. The maximum atomic E-state index is 14.4. The lowest BCUT2D eigenvalue weighted by atomic mass is 9.86. The molecule has 2 fully saturated rings. The number of alkyl halides is 1. The number of aryl methyl sites for hydroxylation is 2. The van der Waals surface area contributed by atoms with Crippen LogP contribution in [0.5, 0.6) is 0 Å². The molecule has 1 aliphatic carbocycles. The molecule has 1 aromatic carbocycles. The molecule has 1 saturated carbocycles. The van der Waals surface area contributed by atoms with Crippen molar-refractivity contribution in [3.63, 3.8) is 0 Å². The number of fused-ring (bicyclic) bond motifs is 2. The molecule has 10 heteroatoms. The summed E-state index contributed by atoms with van der Waals surface area (Å²) in [6.45, 7) is 7.92. The Morgan fingerprint density at radius 1 is 1.19 bits per heavy atom. The fraction of sp³-hybridized carbons (Fsp3) is 0.500. The number of benzene rings is 1. The molecule has 3 aromatic heterocycles. The fourth-order valence-electron chi connectivity index (χ4n) is 5.34. The zero-order valence-corrected chi connectivity index (χ0v) is 21.9. The van der Waals surface area contributed by atoms with Crippen molar-refractivity contribution in [2.75, 3.05) is 18.8 Å². The highest BCUT2D eigenvalue weighted by Gasteiger charge is 2.43. The van der Waals surface area contributed by atoms with Gasteiger partial charge in [0.25, 0.3) is 0 Å². The summed E-state index contributed by atoms with van der Waals surface area (Å²) in [5, 5.41) is 4.16. The van der Waals surface area contributed by atoms with Gasteiger partial charge < -0.3 is 10.3 Å². The van der Waals surface area contributed by atoms with Crippen LogP contribution in [-0.4, -0.2) is 52.7 Å². The first kappa shape index (κ1) is 25.0. The Kier molecular flexibility index (Phi) is 6.45. The van der Waals surface area contributed by atoms with Crippen LogP contribution in [0, 0.1) is 12.7 Å². The highest BCUT2D eigenvalue weighted by atomic mass is 32.1. The number of hydrogen-bond acceptors (Lipinski definition) is 6. The van der Waals surface area contributed by atoms with E-state index in [9.17, 15) is 8.78 Å². The van der Waals surface area contributed by atoms with Crippen molar-refractivity contribution < 1.29 is 8.78 Å². The molecule has 0 amide bonds. The maximum Gasteiger partial charge on any atom is 0.238 e. The molecule has 1 saturated heterocycles. The Bertz CT molecular complexity index is 1410. The molecule has 0 spiro atoms. The lowest BCUT2D eigenvalue weighted by Crippen LogP contribution is -2.56.